The summed E-state index contributed by atoms with van der Waals surface area (Å²) in [6.45, 7) is 14.5. The Hall–Kier alpha value is -2.55. The molecule has 0 saturated heterocycles. The van der Waals surface area contributed by atoms with Crippen molar-refractivity contribution in [3.63, 3.8) is 0 Å². The third kappa shape index (κ3) is 2.51. The minimum atomic E-state index is 0.388. The molecule has 3 aromatic rings. The lowest BCUT2D eigenvalue weighted by atomic mass is 9.44. The normalized spacial score (nSPS) is 33.2. The second kappa shape index (κ2) is 6.56. The first-order valence-corrected chi connectivity index (χ1v) is 13.2. The second-order valence-electron chi connectivity index (χ2n) is 12.8. The van der Waals surface area contributed by atoms with Gasteiger partial charge in [-0.1, -0.05) is 47.6 Å². The van der Waals surface area contributed by atoms with Crippen LogP contribution >= 0.6 is 0 Å². The molecule has 0 amide bonds. The summed E-state index contributed by atoms with van der Waals surface area (Å²) in [5.41, 5.74) is 10.6. The highest BCUT2D eigenvalue weighted by Crippen LogP contribution is 2.67. The van der Waals surface area contributed by atoms with Gasteiger partial charge in [0.05, 0.1) is 22.8 Å². The summed E-state index contributed by atoms with van der Waals surface area (Å²) in [7, 11) is 0. The Morgan fingerprint density at radius 2 is 1.09 bits per heavy atom. The number of nitrogens with zero attached hydrogens (tertiary/aromatic N) is 3. The molecule has 3 heterocycles. The smallest absolute Gasteiger partial charge is 0.0894 e. The Bertz CT molecular complexity index is 1240. The molecule has 0 spiro atoms. The SMILES string of the molecule is C[C@H]1c2cnc(-c3cccc(-c4cc5c(cn4)[C@H](C)[C@@H]4C[C@H]5C4(C)C)n3)cc2[C@H]2C[C@@H]1C2(C)C. The van der Waals surface area contributed by atoms with E-state index in [1.807, 2.05) is 0 Å². The van der Waals surface area contributed by atoms with Gasteiger partial charge in [-0.25, -0.2) is 4.98 Å². The molecule has 4 bridgehead atoms. The number of aromatic nitrogens is 3. The summed E-state index contributed by atoms with van der Waals surface area (Å²) in [6, 6.07) is 11.0. The van der Waals surface area contributed by atoms with Gasteiger partial charge in [-0.05, 0) is 106 Å². The van der Waals surface area contributed by atoms with Crippen LogP contribution in [0.25, 0.3) is 22.8 Å². The maximum atomic E-state index is 5.07. The van der Waals surface area contributed by atoms with E-state index in [4.69, 9.17) is 15.0 Å². The molecule has 0 aromatic carbocycles. The molecule has 6 atom stereocenters. The highest BCUT2D eigenvalue weighted by molar-refractivity contribution is 5.64. The fourth-order valence-corrected chi connectivity index (χ4v) is 8.43. The van der Waals surface area contributed by atoms with Crippen LogP contribution in [-0.2, 0) is 0 Å². The molecule has 0 aliphatic heterocycles. The average Bonchev–Trinajstić information content (AvgIpc) is 2.82. The van der Waals surface area contributed by atoms with E-state index < -0.39 is 0 Å². The zero-order valence-electron chi connectivity index (χ0n) is 21.3. The lowest BCUT2D eigenvalue weighted by Gasteiger charge is -2.60. The van der Waals surface area contributed by atoms with Gasteiger partial charge in [0.15, 0.2) is 0 Å². The van der Waals surface area contributed by atoms with Crippen molar-refractivity contribution in [2.75, 3.05) is 0 Å². The molecule has 2 fully saturated rings. The first-order valence-electron chi connectivity index (χ1n) is 13.2. The van der Waals surface area contributed by atoms with E-state index in [2.05, 4.69) is 84.3 Å². The van der Waals surface area contributed by atoms with Crippen molar-refractivity contribution in [1.29, 1.82) is 0 Å². The number of hydrogen-bond acceptors (Lipinski definition) is 3. The van der Waals surface area contributed by atoms with Crippen molar-refractivity contribution in [3.05, 3.63) is 65.0 Å². The first-order chi connectivity index (χ1) is 16.2. The molecule has 2 saturated carbocycles. The highest BCUT2D eigenvalue weighted by atomic mass is 14.8. The lowest BCUT2D eigenvalue weighted by molar-refractivity contribution is -0.00108. The predicted molar refractivity (Wildman–Crippen MR) is 137 cm³/mol. The molecule has 0 unspecified atom stereocenters. The van der Waals surface area contributed by atoms with Crippen LogP contribution in [0.15, 0.2) is 42.7 Å². The van der Waals surface area contributed by atoms with Gasteiger partial charge >= 0.3 is 0 Å². The van der Waals surface area contributed by atoms with Crippen LogP contribution in [0.1, 0.15) is 100 Å². The van der Waals surface area contributed by atoms with E-state index in [1.54, 1.807) is 0 Å². The molecule has 9 rings (SSSR count). The number of rotatable bonds is 2. The van der Waals surface area contributed by atoms with Crippen LogP contribution in [-0.4, -0.2) is 15.0 Å². The highest BCUT2D eigenvalue weighted by Gasteiger charge is 2.56. The molecule has 6 aliphatic carbocycles. The third-order valence-corrected chi connectivity index (χ3v) is 10.8. The molecule has 0 radical (unpaired) electrons. The lowest BCUT2D eigenvalue weighted by Crippen LogP contribution is -2.49. The first kappa shape index (κ1) is 20.8. The van der Waals surface area contributed by atoms with Crippen LogP contribution in [0.4, 0.5) is 0 Å². The van der Waals surface area contributed by atoms with E-state index in [0.717, 1.165) is 34.6 Å². The Balaban J connectivity index is 1.27. The van der Waals surface area contributed by atoms with Gasteiger partial charge in [-0.3, -0.25) is 9.97 Å². The summed E-state index contributed by atoms with van der Waals surface area (Å²) < 4.78 is 0. The Kier molecular flexibility index (Phi) is 4.01. The maximum Gasteiger partial charge on any atom is 0.0894 e. The molecule has 34 heavy (non-hydrogen) atoms. The van der Waals surface area contributed by atoms with Gasteiger partial charge in [0.2, 0.25) is 0 Å². The standard InChI is InChI=1S/C31H35N3/c1-16-20-14-32-28(10-18(20)24-12-22(16)30(24,3)4)26-8-7-9-27(34-26)29-11-19-21(15-33-29)17(2)23-13-25(19)31(23,5)6/h7-11,14-17,22-25H,12-13H2,1-6H3/t16-,17-,22-,23-,24+,25+/m0/s1. The molecule has 3 aromatic heterocycles. The molecule has 6 aliphatic rings. The van der Waals surface area contributed by atoms with Crippen molar-refractivity contribution in [1.82, 2.24) is 15.0 Å². The minimum absolute atomic E-state index is 0.388. The molecular formula is C31H35N3. The Morgan fingerprint density at radius 1 is 0.647 bits per heavy atom. The van der Waals surface area contributed by atoms with Crippen molar-refractivity contribution in [2.45, 2.75) is 78.1 Å². The predicted octanol–water partition coefficient (Wildman–Crippen LogP) is 7.70. The van der Waals surface area contributed by atoms with Crippen LogP contribution in [0.2, 0.25) is 0 Å². The zero-order valence-corrected chi connectivity index (χ0v) is 21.3. The molecule has 0 N–H and O–H groups in total. The van der Waals surface area contributed by atoms with E-state index in [0.29, 0.717) is 34.5 Å². The van der Waals surface area contributed by atoms with Crippen molar-refractivity contribution < 1.29 is 0 Å². The Morgan fingerprint density at radius 3 is 1.50 bits per heavy atom. The topological polar surface area (TPSA) is 38.7 Å². The fourth-order valence-electron chi connectivity index (χ4n) is 8.43. The summed E-state index contributed by atoms with van der Waals surface area (Å²) >= 11 is 0. The van der Waals surface area contributed by atoms with Gasteiger partial charge in [0.25, 0.3) is 0 Å². The van der Waals surface area contributed by atoms with Crippen molar-refractivity contribution in [2.24, 2.45) is 22.7 Å². The number of hydrogen-bond donors (Lipinski definition) is 0. The van der Waals surface area contributed by atoms with Gasteiger partial charge < -0.3 is 0 Å². The van der Waals surface area contributed by atoms with Crippen molar-refractivity contribution in [3.8, 4) is 22.8 Å². The monoisotopic (exact) mass is 449 g/mol. The molecule has 174 valence electrons. The third-order valence-electron chi connectivity index (χ3n) is 10.8. The molecule has 3 nitrogen and oxygen atoms in total. The zero-order chi connectivity index (χ0) is 23.6. The van der Waals surface area contributed by atoms with Gasteiger partial charge in [-0.2, -0.15) is 0 Å². The molecular weight excluding hydrogens is 414 g/mol. The van der Waals surface area contributed by atoms with E-state index in [-0.39, 0.29) is 0 Å². The van der Waals surface area contributed by atoms with Crippen LogP contribution < -0.4 is 0 Å². The second-order valence-corrected chi connectivity index (χ2v) is 12.8. The van der Waals surface area contributed by atoms with Crippen LogP contribution in [0.5, 0.6) is 0 Å². The Labute approximate surface area is 203 Å². The molecule has 3 heteroatoms. The summed E-state index contributed by atoms with van der Waals surface area (Å²) in [5, 5.41) is 0. The fraction of sp³-hybridized carbons (Fsp3) is 0.516. The largest absolute Gasteiger partial charge is 0.254 e. The van der Waals surface area contributed by atoms with Crippen LogP contribution in [0.3, 0.4) is 0 Å². The van der Waals surface area contributed by atoms with E-state index in [9.17, 15) is 0 Å². The maximum absolute atomic E-state index is 5.07. The summed E-state index contributed by atoms with van der Waals surface area (Å²) in [4.78, 5) is 14.8. The van der Waals surface area contributed by atoms with E-state index in [1.165, 1.54) is 35.1 Å². The number of pyridine rings is 3. The van der Waals surface area contributed by atoms with Crippen LogP contribution in [0, 0.1) is 22.7 Å². The summed E-state index contributed by atoms with van der Waals surface area (Å²) in [5.74, 6) is 4.04. The van der Waals surface area contributed by atoms with Gasteiger partial charge in [0.1, 0.15) is 0 Å². The summed E-state index contributed by atoms with van der Waals surface area (Å²) in [6.07, 6.45) is 6.89. The van der Waals surface area contributed by atoms with Gasteiger partial charge in [-0.15, -0.1) is 0 Å². The van der Waals surface area contributed by atoms with E-state index >= 15 is 0 Å². The van der Waals surface area contributed by atoms with Crippen molar-refractivity contribution >= 4 is 0 Å². The quantitative estimate of drug-likeness (QED) is 0.402. The minimum Gasteiger partial charge on any atom is -0.254 e. The van der Waals surface area contributed by atoms with Gasteiger partial charge in [0, 0.05) is 12.4 Å². The average molecular weight is 450 g/mol.